The predicted molar refractivity (Wildman–Crippen MR) is 65.5 cm³/mol. The van der Waals surface area contributed by atoms with E-state index >= 15 is 0 Å². The minimum Gasteiger partial charge on any atom is -0.344 e. The molecule has 0 aliphatic rings. The van der Waals surface area contributed by atoms with Gasteiger partial charge in [0.05, 0.1) is 6.67 Å². The SMILES string of the molecule is N.O=S(=O)(O)CC(F)C(F)C(F)C(F)CCCCCF. The summed E-state index contributed by atoms with van der Waals surface area (Å²) in [6.07, 6.45) is -10.7. The van der Waals surface area contributed by atoms with Gasteiger partial charge < -0.3 is 6.15 Å². The smallest absolute Gasteiger partial charge is 0.267 e. The Morgan fingerprint density at radius 1 is 0.900 bits per heavy atom. The third-order valence-electron chi connectivity index (χ3n) is 2.48. The molecule has 0 amide bonds. The lowest BCUT2D eigenvalue weighted by molar-refractivity contribution is 0.0354. The highest BCUT2D eigenvalue weighted by molar-refractivity contribution is 7.85. The second kappa shape index (κ2) is 10.3. The number of rotatable bonds is 10. The number of alkyl halides is 5. The first-order valence-electron chi connectivity index (χ1n) is 5.76. The summed E-state index contributed by atoms with van der Waals surface area (Å²) in [7, 11) is -4.80. The number of hydrogen-bond acceptors (Lipinski definition) is 3. The number of unbranched alkanes of at least 4 members (excludes halogenated alkanes) is 2. The Hall–Kier alpha value is -0.480. The van der Waals surface area contributed by atoms with Gasteiger partial charge in [-0.2, -0.15) is 8.42 Å². The Balaban J connectivity index is 0. The molecule has 0 rings (SSSR count). The molecule has 0 saturated carbocycles. The van der Waals surface area contributed by atoms with Crippen molar-refractivity contribution in [3.63, 3.8) is 0 Å². The number of halogens is 5. The van der Waals surface area contributed by atoms with Crippen LogP contribution >= 0.6 is 0 Å². The Labute approximate surface area is 115 Å². The van der Waals surface area contributed by atoms with Crippen LogP contribution in [0, 0.1) is 0 Å². The van der Waals surface area contributed by atoms with Gasteiger partial charge in [-0.1, -0.05) is 12.8 Å². The highest BCUT2D eigenvalue weighted by Gasteiger charge is 2.37. The van der Waals surface area contributed by atoms with E-state index in [0.29, 0.717) is 6.42 Å². The van der Waals surface area contributed by atoms with E-state index < -0.39 is 53.7 Å². The Kier molecular flexibility index (Phi) is 11.2. The van der Waals surface area contributed by atoms with Gasteiger partial charge in [0, 0.05) is 0 Å². The predicted octanol–water partition coefficient (Wildman–Crippen LogP) is 2.92. The lowest BCUT2D eigenvalue weighted by atomic mass is 10.0. The van der Waals surface area contributed by atoms with Gasteiger partial charge in [-0.05, 0) is 12.8 Å². The summed E-state index contributed by atoms with van der Waals surface area (Å²) in [4.78, 5) is 0. The van der Waals surface area contributed by atoms with E-state index in [-0.39, 0.29) is 19.0 Å². The van der Waals surface area contributed by atoms with Crippen molar-refractivity contribution < 1.29 is 34.9 Å². The fourth-order valence-corrected chi connectivity index (χ4v) is 2.05. The summed E-state index contributed by atoms with van der Waals surface area (Å²) in [5.41, 5.74) is 0. The first-order valence-corrected chi connectivity index (χ1v) is 7.37. The van der Waals surface area contributed by atoms with Gasteiger partial charge >= 0.3 is 0 Å². The van der Waals surface area contributed by atoms with Crippen LogP contribution < -0.4 is 6.15 Å². The van der Waals surface area contributed by atoms with E-state index in [1.807, 2.05) is 0 Å². The van der Waals surface area contributed by atoms with Crippen molar-refractivity contribution >= 4 is 10.1 Å². The van der Waals surface area contributed by atoms with Crippen molar-refractivity contribution in [1.29, 1.82) is 0 Å². The zero-order valence-corrected chi connectivity index (χ0v) is 11.6. The molecule has 0 bridgehead atoms. The normalized spacial score (nSPS) is 17.9. The molecule has 0 aromatic carbocycles. The molecule has 0 aromatic heterocycles. The van der Waals surface area contributed by atoms with Gasteiger partial charge in [-0.25, -0.2) is 17.6 Å². The topological polar surface area (TPSA) is 89.4 Å². The second-order valence-electron chi connectivity index (χ2n) is 4.21. The zero-order valence-electron chi connectivity index (χ0n) is 10.8. The molecular weight excluding hydrogens is 309 g/mol. The monoisotopic (exact) mass is 329 g/mol. The minimum atomic E-state index is -4.80. The average Bonchev–Trinajstić information content (AvgIpc) is 2.30. The van der Waals surface area contributed by atoms with Gasteiger partial charge in [0.25, 0.3) is 10.1 Å². The first-order chi connectivity index (χ1) is 8.69. The maximum Gasteiger partial charge on any atom is 0.267 e. The summed E-state index contributed by atoms with van der Waals surface area (Å²) in [5.74, 6) is -1.62. The molecule has 20 heavy (non-hydrogen) atoms. The standard InChI is InChI=1S/C10H17F5O3S.H3N/c11-5-3-1-2-4-7(12)9(14)10(15)8(13)6-19(16,17)18;/h7-10H,1-6H2,(H,16,17,18);1H3. The molecule has 4 N–H and O–H groups in total. The van der Waals surface area contributed by atoms with Gasteiger partial charge in [0.1, 0.15) is 11.9 Å². The van der Waals surface area contributed by atoms with Gasteiger partial charge in [-0.15, -0.1) is 0 Å². The van der Waals surface area contributed by atoms with E-state index in [2.05, 4.69) is 0 Å². The molecule has 4 unspecified atom stereocenters. The summed E-state index contributed by atoms with van der Waals surface area (Å²) < 4.78 is 93.0. The van der Waals surface area contributed by atoms with Crippen LogP contribution in [0.15, 0.2) is 0 Å². The van der Waals surface area contributed by atoms with Crippen LogP contribution in [-0.4, -0.2) is 50.1 Å². The van der Waals surface area contributed by atoms with E-state index in [9.17, 15) is 30.4 Å². The van der Waals surface area contributed by atoms with Crippen molar-refractivity contribution in [2.24, 2.45) is 0 Å². The summed E-state index contributed by atoms with van der Waals surface area (Å²) in [6, 6.07) is 0. The molecule has 10 heteroatoms. The van der Waals surface area contributed by atoms with Gasteiger partial charge in [0.2, 0.25) is 0 Å². The maximum absolute atomic E-state index is 13.2. The number of hydrogen-bond donors (Lipinski definition) is 2. The van der Waals surface area contributed by atoms with Crippen molar-refractivity contribution in [3.8, 4) is 0 Å². The molecule has 0 saturated heterocycles. The van der Waals surface area contributed by atoms with Crippen LogP contribution in [0.5, 0.6) is 0 Å². The molecule has 0 fully saturated rings. The lowest BCUT2D eigenvalue weighted by Gasteiger charge is -2.19. The van der Waals surface area contributed by atoms with Gasteiger partial charge in [0.15, 0.2) is 18.5 Å². The molecule has 0 radical (unpaired) electrons. The molecular formula is C10H20F5NO3S. The molecule has 4 atom stereocenters. The third-order valence-corrected chi connectivity index (χ3v) is 3.22. The van der Waals surface area contributed by atoms with Crippen LogP contribution in [-0.2, 0) is 10.1 Å². The van der Waals surface area contributed by atoms with Crippen molar-refractivity contribution in [3.05, 3.63) is 0 Å². The molecule has 0 aromatic rings. The molecule has 0 spiro atoms. The zero-order chi connectivity index (χ0) is 15.1. The minimum absolute atomic E-state index is 0. The fourth-order valence-electron chi connectivity index (χ4n) is 1.46. The average molecular weight is 329 g/mol. The molecule has 4 nitrogen and oxygen atoms in total. The van der Waals surface area contributed by atoms with E-state index in [4.69, 9.17) is 4.55 Å². The Bertz CT molecular complexity index is 344. The van der Waals surface area contributed by atoms with Crippen molar-refractivity contribution in [2.75, 3.05) is 12.4 Å². The Morgan fingerprint density at radius 3 is 1.85 bits per heavy atom. The van der Waals surface area contributed by atoms with Crippen LogP contribution in [0.4, 0.5) is 22.0 Å². The van der Waals surface area contributed by atoms with E-state index in [1.165, 1.54) is 0 Å². The maximum atomic E-state index is 13.2. The first kappa shape index (κ1) is 21.8. The second-order valence-corrected chi connectivity index (χ2v) is 5.70. The van der Waals surface area contributed by atoms with Crippen molar-refractivity contribution in [1.82, 2.24) is 6.15 Å². The summed E-state index contributed by atoms with van der Waals surface area (Å²) >= 11 is 0. The quantitative estimate of drug-likeness (QED) is 0.366. The summed E-state index contributed by atoms with van der Waals surface area (Å²) in [6.45, 7) is -0.595. The van der Waals surface area contributed by atoms with Crippen molar-refractivity contribution in [2.45, 2.75) is 50.4 Å². The molecule has 0 aliphatic carbocycles. The lowest BCUT2D eigenvalue weighted by Crippen LogP contribution is -2.38. The molecule has 0 heterocycles. The highest BCUT2D eigenvalue weighted by atomic mass is 32.2. The third kappa shape index (κ3) is 9.43. The largest absolute Gasteiger partial charge is 0.344 e. The fraction of sp³-hybridized carbons (Fsp3) is 1.00. The Morgan fingerprint density at radius 2 is 1.40 bits per heavy atom. The molecule has 0 aliphatic heterocycles. The van der Waals surface area contributed by atoms with Crippen LogP contribution in [0.25, 0.3) is 0 Å². The summed E-state index contributed by atoms with van der Waals surface area (Å²) in [5, 5.41) is 0. The van der Waals surface area contributed by atoms with Crippen LogP contribution in [0.2, 0.25) is 0 Å². The highest BCUT2D eigenvalue weighted by Crippen LogP contribution is 2.22. The van der Waals surface area contributed by atoms with E-state index in [1.54, 1.807) is 0 Å². The van der Waals surface area contributed by atoms with Crippen LogP contribution in [0.1, 0.15) is 25.7 Å². The van der Waals surface area contributed by atoms with Crippen LogP contribution in [0.3, 0.4) is 0 Å². The van der Waals surface area contributed by atoms with E-state index in [0.717, 1.165) is 0 Å². The molecule has 124 valence electrons. The van der Waals surface area contributed by atoms with Gasteiger partial charge in [-0.3, -0.25) is 8.94 Å².